The highest BCUT2D eigenvalue weighted by molar-refractivity contribution is 7.92. The molecule has 110 valence electrons. The van der Waals surface area contributed by atoms with Gasteiger partial charge in [-0.3, -0.25) is 4.79 Å². The van der Waals surface area contributed by atoms with Crippen molar-refractivity contribution in [3.8, 4) is 0 Å². The summed E-state index contributed by atoms with van der Waals surface area (Å²) in [6.45, 7) is 5.93. The first-order valence-electron chi connectivity index (χ1n) is 7.09. The van der Waals surface area contributed by atoms with Crippen LogP contribution in [0.3, 0.4) is 0 Å². The molecule has 2 heterocycles. The monoisotopic (exact) mass is 288 g/mol. The molecule has 0 radical (unpaired) electrons. The molecule has 19 heavy (non-hydrogen) atoms. The van der Waals surface area contributed by atoms with Crippen LogP contribution in [0, 0.1) is 11.3 Å². The Morgan fingerprint density at radius 1 is 1.47 bits per heavy atom. The fraction of sp³-hybridized carbons (Fsp3) is 0.923. The molecule has 2 unspecified atom stereocenters. The van der Waals surface area contributed by atoms with Crippen LogP contribution in [0.4, 0.5) is 0 Å². The lowest BCUT2D eigenvalue weighted by atomic mass is 9.75. The van der Waals surface area contributed by atoms with Crippen molar-refractivity contribution in [2.45, 2.75) is 38.4 Å². The third-order valence-corrected chi connectivity index (χ3v) is 6.97. The third kappa shape index (κ3) is 2.79. The van der Waals surface area contributed by atoms with Crippen LogP contribution in [-0.2, 0) is 14.6 Å². The molecule has 0 aromatic heterocycles. The second-order valence-electron chi connectivity index (χ2n) is 6.08. The van der Waals surface area contributed by atoms with Crippen molar-refractivity contribution >= 4 is 15.7 Å². The fourth-order valence-corrected chi connectivity index (χ4v) is 4.90. The summed E-state index contributed by atoms with van der Waals surface area (Å²) in [6, 6.07) is 0. The summed E-state index contributed by atoms with van der Waals surface area (Å²) in [5, 5.41) is 5.75. The van der Waals surface area contributed by atoms with Gasteiger partial charge in [0.05, 0.1) is 16.4 Å². The molecule has 0 bridgehead atoms. The second-order valence-corrected chi connectivity index (χ2v) is 8.48. The lowest BCUT2D eigenvalue weighted by Gasteiger charge is -2.31. The molecule has 2 aliphatic heterocycles. The first-order valence-corrected chi connectivity index (χ1v) is 8.80. The normalized spacial score (nSPS) is 33.7. The van der Waals surface area contributed by atoms with Crippen LogP contribution >= 0.6 is 0 Å². The third-order valence-electron chi connectivity index (χ3n) is 4.70. The number of hydrogen-bond donors (Lipinski definition) is 2. The number of carbonyl (C=O) groups excluding carboxylic acids is 1. The Morgan fingerprint density at radius 2 is 2.21 bits per heavy atom. The van der Waals surface area contributed by atoms with Crippen molar-refractivity contribution in [3.63, 3.8) is 0 Å². The molecule has 0 spiro atoms. The molecule has 5 nitrogen and oxygen atoms in total. The molecule has 2 atom stereocenters. The van der Waals surface area contributed by atoms with Crippen molar-refractivity contribution in [1.82, 2.24) is 10.6 Å². The SMILES string of the molecule is CC(C)C1(C(=O)NCC2CCCS2(=O)=O)CCNC1. The quantitative estimate of drug-likeness (QED) is 0.781. The summed E-state index contributed by atoms with van der Waals surface area (Å²) in [5.74, 6) is 0.530. The molecule has 2 N–H and O–H groups in total. The molecular weight excluding hydrogens is 264 g/mol. The van der Waals surface area contributed by atoms with Crippen molar-refractivity contribution in [1.29, 1.82) is 0 Å². The minimum absolute atomic E-state index is 0.00889. The summed E-state index contributed by atoms with van der Waals surface area (Å²) in [5.41, 5.74) is -0.373. The Labute approximate surface area is 115 Å². The Balaban J connectivity index is 1.97. The number of sulfone groups is 1. The zero-order chi connectivity index (χ0) is 14.1. The molecule has 0 saturated carbocycles. The Morgan fingerprint density at radius 3 is 2.68 bits per heavy atom. The first kappa shape index (κ1) is 14.8. The van der Waals surface area contributed by atoms with E-state index in [-0.39, 0.29) is 34.8 Å². The van der Waals surface area contributed by atoms with Crippen LogP contribution in [0.5, 0.6) is 0 Å². The predicted molar refractivity (Wildman–Crippen MR) is 74.6 cm³/mol. The van der Waals surface area contributed by atoms with Gasteiger partial charge in [0, 0.05) is 13.1 Å². The second kappa shape index (κ2) is 5.40. The van der Waals surface area contributed by atoms with Crippen LogP contribution in [0.25, 0.3) is 0 Å². The highest BCUT2D eigenvalue weighted by Gasteiger charge is 2.44. The van der Waals surface area contributed by atoms with E-state index in [2.05, 4.69) is 24.5 Å². The van der Waals surface area contributed by atoms with Crippen LogP contribution < -0.4 is 10.6 Å². The minimum Gasteiger partial charge on any atom is -0.354 e. The van der Waals surface area contributed by atoms with E-state index >= 15 is 0 Å². The van der Waals surface area contributed by atoms with Gasteiger partial charge >= 0.3 is 0 Å². The van der Waals surface area contributed by atoms with Crippen molar-refractivity contribution in [2.24, 2.45) is 11.3 Å². The van der Waals surface area contributed by atoms with Crippen molar-refractivity contribution in [2.75, 3.05) is 25.4 Å². The number of hydrogen-bond acceptors (Lipinski definition) is 4. The van der Waals surface area contributed by atoms with E-state index in [1.54, 1.807) is 0 Å². The van der Waals surface area contributed by atoms with E-state index in [1.165, 1.54) is 0 Å². The molecule has 1 amide bonds. The van der Waals surface area contributed by atoms with Gasteiger partial charge in [-0.15, -0.1) is 0 Å². The Bertz CT molecular complexity index is 439. The number of rotatable bonds is 4. The predicted octanol–water partition coefficient (Wildman–Crippen LogP) is 0.316. The van der Waals surface area contributed by atoms with Gasteiger partial charge in [0.2, 0.25) is 5.91 Å². The number of nitrogens with one attached hydrogen (secondary N) is 2. The average Bonchev–Trinajstić information content (AvgIpc) is 2.93. The zero-order valence-corrected chi connectivity index (χ0v) is 12.6. The molecule has 2 fully saturated rings. The summed E-state index contributed by atoms with van der Waals surface area (Å²) >= 11 is 0. The van der Waals surface area contributed by atoms with Crippen molar-refractivity contribution in [3.05, 3.63) is 0 Å². The molecule has 2 aliphatic rings. The smallest absolute Gasteiger partial charge is 0.227 e. The van der Waals surface area contributed by atoms with Crippen LogP contribution in [0.2, 0.25) is 0 Å². The lowest BCUT2D eigenvalue weighted by molar-refractivity contribution is -0.132. The van der Waals surface area contributed by atoms with E-state index in [4.69, 9.17) is 0 Å². The van der Waals surface area contributed by atoms with Crippen molar-refractivity contribution < 1.29 is 13.2 Å². The van der Waals surface area contributed by atoms with Gasteiger partial charge in [0.15, 0.2) is 9.84 Å². The summed E-state index contributed by atoms with van der Waals surface area (Å²) in [7, 11) is -2.98. The van der Waals surface area contributed by atoms with Gasteiger partial charge in [-0.25, -0.2) is 8.42 Å². The largest absolute Gasteiger partial charge is 0.354 e. The van der Waals surface area contributed by atoms with Gasteiger partial charge in [-0.1, -0.05) is 13.8 Å². The maximum Gasteiger partial charge on any atom is 0.227 e. The van der Waals surface area contributed by atoms with Gasteiger partial charge < -0.3 is 10.6 Å². The highest BCUT2D eigenvalue weighted by Crippen LogP contribution is 2.34. The average molecular weight is 288 g/mol. The lowest BCUT2D eigenvalue weighted by Crippen LogP contribution is -2.48. The highest BCUT2D eigenvalue weighted by atomic mass is 32.2. The molecule has 2 saturated heterocycles. The van der Waals surface area contributed by atoms with Crippen LogP contribution in [-0.4, -0.2) is 45.0 Å². The molecular formula is C13H24N2O3S. The molecule has 0 aliphatic carbocycles. The number of amides is 1. The zero-order valence-electron chi connectivity index (χ0n) is 11.7. The summed E-state index contributed by atoms with van der Waals surface area (Å²) in [4.78, 5) is 12.4. The van der Waals surface area contributed by atoms with E-state index in [9.17, 15) is 13.2 Å². The van der Waals surface area contributed by atoms with Gasteiger partial charge in [-0.2, -0.15) is 0 Å². The van der Waals surface area contributed by atoms with E-state index < -0.39 is 9.84 Å². The topological polar surface area (TPSA) is 75.3 Å². The number of carbonyl (C=O) groups is 1. The fourth-order valence-electron chi connectivity index (χ4n) is 3.13. The molecule has 6 heteroatoms. The van der Waals surface area contributed by atoms with E-state index in [0.717, 1.165) is 19.4 Å². The van der Waals surface area contributed by atoms with E-state index in [1.807, 2.05) is 0 Å². The van der Waals surface area contributed by atoms with Gasteiger partial charge in [0.25, 0.3) is 0 Å². The van der Waals surface area contributed by atoms with Crippen LogP contribution in [0.15, 0.2) is 0 Å². The minimum atomic E-state index is -2.98. The summed E-state index contributed by atoms with van der Waals surface area (Å²) < 4.78 is 23.5. The summed E-state index contributed by atoms with van der Waals surface area (Å²) in [6.07, 6.45) is 2.23. The first-order chi connectivity index (χ1) is 8.88. The maximum absolute atomic E-state index is 12.4. The van der Waals surface area contributed by atoms with Crippen LogP contribution in [0.1, 0.15) is 33.1 Å². The maximum atomic E-state index is 12.4. The molecule has 0 aromatic carbocycles. The Hall–Kier alpha value is -0.620. The van der Waals surface area contributed by atoms with E-state index in [0.29, 0.717) is 13.0 Å². The standard InChI is InChI=1S/C13H24N2O3S/c1-10(2)13(5-6-14-9-13)12(16)15-8-11-4-3-7-19(11,17)18/h10-11,14H,3-9H2,1-2H3,(H,15,16). The van der Waals surface area contributed by atoms with Gasteiger partial charge in [-0.05, 0) is 31.7 Å². The Kier molecular flexibility index (Phi) is 4.20. The molecule has 2 rings (SSSR count). The molecule has 0 aromatic rings. The van der Waals surface area contributed by atoms with Gasteiger partial charge in [0.1, 0.15) is 0 Å².